The Bertz CT molecular complexity index is 962. The summed E-state index contributed by atoms with van der Waals surface area (Å²) in [6.07, 6.45) is 7.67. The van der Waals surface area contributed by atoms with Crippen molar-refractivity contribution in [2.45, 2.75) is 57.5 Å². The molecule has 1 aliphatic heterocycles. The molecule has 6 heteroatoms. The van der Waals surface area contributed by atoms with Gasteiger partial charge in [-0.15, -0.1) is 10.2 Å². The van der Waals surface area contributed by atoms with Crippen LogP contribution in [0.5, 0.6) is 0 Å². The number of ether oxygens (including phenoxy) is 1. The lowest BCUT2D eigenvalue weighted by atomic mass is 9.84. The molecular weight excluding hydrogens is 350 g/mol. The summed E-state index contributed by atoms with van der Waals surface area (Å²) in [4.78, 5) is 5.22. The maximum atomic E-state index is 6.23. The summed E-state index contributed by atoms with van der Waals surface area (Å²) in [6, 6.07) is 10.6. The molecular formula is C22H25N5O. The number of H-pyrrole nitrogens is 1. The maximum absolute atomic E-state index is 6.23. The van der Waals surface area contributed by atoms with Crippen LogP contribution in [0.1, 0.15) is 56.0 Å². The fourth-order valence-corrected chi connectivity index (χ4v) is 4.68. The summed E-state index contributed by atoms with van der Waals surface area (Å²) in [7, 11) is 0. The zero-order valence-corrected chi connectivity index (χ0v) is 16.2. The molecule has 0 spiro atoms. The van der Waals surface area contributed by atoms with Crippen molar-refractivity contribution in [3.05, 3.63) is 47.3 Å². The molecule has 1 aliphatic carbocycles. The molecule has 3 heterocycles. The molecule has 3 aromatic rings. The molecule has 2 aliphatic rings. The van der Waals surface area contributed by atoms with Gasteiger partial charge in [-0.3, -0.25) is 4.98 Å². The van der Waals surface area contributed by atoms with Gasteiger partial charge in [0.2, 0.25) is 5.82 Å². The first kappa shape index (κ1) is 17.5. The van der Waals surface area contributed by atoms with Crippen LogP contribution in [0.2, 0.25) is 0 Å². The van der Waals surface area contributed by atoms with E-state index in [1.165, 1.54) is 41.6 Å². The third kappa shape index (κ3) is 2.92. The first-order valence-corrected chi connectivity index (χ1v) is 10.3. The van der Waals surface area contributed by atoms with Gasteiger partial charge in [0.05, 0.1) is 11.3 Å². The number of nitrogens with one attached hydrogen (secondary N) is 1. The van der Waals surface area contributed by atoms with Gasteiger partial charge in [0.15, 0.2) is 0 Å². The third-order valence-electron chi connectivity index (χ3n) is 6.08. The molecule has 1 saturated heterocycles. The number of tetrazole rings is 1. The van der Waals surface area contributed by atoms with E-state index in [1.807, 2.05) is 0 Å². The number of aromatic nitrogens is 5. The number of hydrogen-bond donors (Lipinski definition) is 1. The highest BCUT2D eigenvalue weighted by Crippen LogP contribution is 2.45. The third-order valence-corrected chi connectivity index (χ3v) is 6.08. The molecule has 1 atom stereocenters. The molecule has 1 fully saturated rings. The molecule has 0 unspecified atom stereocenters. The van der Waals surface area contributed by atoms with E-state index in [0.717, 1.165) is 43.5 Å². The maximum Gasteiger partial charge on any atom is 0.207 e. The predicted molar refractivity (Wildman–Crippen MR) is 107 cm³/mol. The van der Waals surface area contributed by atoms with E-state index < -0.39 is 5.60 Å². The Morgan fingerprint density at radius 1 is 1.00 bits per heavy atom. The van der Waals surface area contributed by atoms with Crippen LogP contribution in [0.4, 0.5) is 0 Å². The van der Waals surface area contributed by atoms with Crippen molar-refractivity contribution in [2.24, 2.45) is 0 Å². The van der Waals surface area contributed by atoms with Crippen LogP contribution in [-0.2, 0) is 23.2 Å². The molecule has 0 bridgehead atoms. The van der Waals surface area contributed by atoms with Gasteiger partial charge in [0.1, 0.15) is 5.60 Å². The average molecular weight is 375 g/mol. The van der Waals surface area contributed by atoms with Crippen LogP contribution in [0.25, 0.3) is 22.5 Å². The molecule has 1 aromatic carbocycles. The van der Waals surface area contributed by atoms with Crippen LogP contribution in [0, 0.1) is 0 Å². The fraction of sp³-hybridized carbons (Fsp3) is 0.455. The lowest BCUT2D eigenvalue weighted by Gasteiger charge is -2.28. The van der Waals surface area contributed by atoms with Crippen molar-refractivity contribution >= 4 is 0 Å². The van der Waals surface area contributed by atoms with Gasteiger partial charge >= 0.3 is 0 Å². The largest absolute Gasteiger partial charge is 0.369 e. The molecule has 144 valence electrons. The van der Waals surface area contributed by atoms with Crippen LogP contribution in [-0.4, -0.2) is 32.2 Å². The number of pyridine rings is 1. The number of aryl methyl sites for hydroxylation is 1. The molecule has 6 nitrogen and oxygen atoms in total. The molecule has 5 rings (SSSR count). The van der Waals surface area contributed by atoms with Crippen molar-refractivity contribution in [1.29, 1.82) is 0 Å². The minimum atomic E-state index is -0.416. The SMILES string of the molecule is C[C@]1(c2nc3c(c(-c4ccccc4)c2-c2nn[nH]n2)CCCCC3)CCCO1. The molecule has 28 heavy (non-hydrogen) atoms. The van der Waals surface area contributed by atoms with E-state index in [4.69, 9.17) is 9.72 Å². The van der Waals surface area contributed by atoms with Crippen LogP contribution < -0.4 is 0 Å². The number of hydrogen-bond acceptors (Lipinski definition) is 5. The summed E-state index contributed by atoms with van der Waals surface area (Å²) in [5.74, 6) is 0.602. The highest BCUT2D eigenvalue weighted by Gasteiger charge is 2.39. The van der Waals surface area contributed by atoms with Crippen LogP contribution in [0.15, 0.2) is 30.3 Å². The Hall–Kier alpha value is -2.60. The summed E-state index contributed by atoms with van der Waals surface area (Å²) in [6.45, 7) is 2.92. The topological polar surface area (TPSA) is 76.6 Å². The standard InChI is InChI=1S/C22H25N5O/c1-22(13-8-14-28-22)20-19(21-24-26-27-25-21)18(15-9-4-2-5-10-15)16-11-6-3-7-12-17(16)23-20/h2,4-5,9-10H,3,6-8,11-14H2,1H3,(H,24,25,26,27)/t22-/m1/s1. The van der Waals surface area contributed by atoms with Crippen molar-refractivity contribution in [3.8, 4) is 22.5 Å². The van der Waals surface area contributed by atoms with Crippen molar-refractivity contribution in [1.82, 2.24) is 25.6 Å². The number of rotatable bonds is 3. The molecule has 2 aromatic heterocycles. The quantitative estimate of drug-likeness (QED) is 0.694. The van der Waals surface area contributed by atoms with Crippen LogP contribution in [0.3, 0.4) is 0 Å². The first-order valence-electron chi connectivity index (χ1n) is 10.3. The summed E-state index contributed by atoms with van der Waals surface area (Å²) in [5, 5.41) is 15.2. The predicted octanol–water partition coefficient (Wildman–Crippen LogP) is 4.22. The Kier molecular flexibility index (Phi) is 4.43. The smallest absolute Gasteiger partial charge is 0.207 e. The van der Waals surface area contributed by atoms with E-state index in [9.17, 15) is 0 Å². The summed E-state index contributed by atoms with van der Waals surface area (Å²) in [5.41, 5.74) is 6.48. The van der Waals surface area contributed by atoms with E-state index in [2.05, 4.69) is 57.9 Å². The van der Waals surface area contributed by atoms with Gasteiger partial charge in [-0.2, -0.15) is 5.21 Å². The summed E-state index contributed by atoms with van der Waals surface area (Å²) >= 11 is 0. The van der Waals surface area contributed by atoms with Crippen molar-refractivity contribution in [3.63, 3.8) is 0 Å². The highest BCUT2D eigenvalue weighted by molar-refractivity contribution is 5.85. The number of benzene rings is 1. The van der Waals surface area contributed by atoms with E-state index in [1.54, 1.807) is 0 Å². The highest BCUT2D eigenvalue weighted by atomic mass is 16.5. The van der Waals surface area contributed by atoms with E-state index in [-0.39, 0.29) is 0 Å². The Morgan fingerprint density at radius 2 is 1.86 bits per heavy atom. The molecule has 0 saturated carbocycles. The molecule has 0 radical (unpaired) electrons. The second-order valence-electron chi connectivity index (χ2n) is 7.98. The zero-order valence-electron chi connectivity index (χ0n) is 16.2. The van der Waals surface area contributed by atoms with Crippen molar-refractivity contribution in [2.75, 3.05) is 6.61 Å². The Labute approximate surface area is 164 Å². The van der Waals surface area contributed by atoms with Gasteiger partial charge in [-0.25, -0.2) is 0 Å². The van der Waals surface area contributed by atoms with Crippen molar-refractivity contribution < 1.29 is 4.74 Å². The van der Waals surface area contributed by atoms with Gasteiger partial charge in [0, 0.05) is 12.3 Å². The second kappa shape index (κ2) is 7.09. The average Bonchev–Trinajstić information content (AvgIpc) is 3.35. The number of fused-ring (bicyclic) bond motifs is 1. The normalized spacial score (nSPS) is 22.0. The van der Waals surface area contributed by atoms with Gasteiger partial charge in [-0.05, 0) is 67.4 Å². The zero-order chi connectivity index (χ0) is 19.0. The minimum Gasteiger partial charge on any atom is -0.369 e. The lowest BCUT2D eigenvalue weighted by Crippen LogP contribution is -2.25. The second-order valence-corrected chi connectivity index (χ2v) is 7.98. The lowest BCUT2D eigenvalue weighted by molar-refractivity contribution is 0.0136. The molecule has 0 amide bonds. The Morgan fingerprint density at radius 3 is 2.61 bits per heavy atom. The fourth-order valence-electron chi connectivity index (χ4n) is 4.68. The molecule has 1 N–H and O–H groups in total. The van der Waals surface area contributed by atoms with Gasteiger partial charge in [-0.1, -0.05) is 36.8 Å². The number of aromatic amines is 1. The van der Waals surface area contributed by atoms with E-state index in [0.29, 0.717) is 5.82 Å². The van der Waals surface area contributed by atoms with Gasteiger partial charge in [0.25, 0.3) is 0 Å². The first-order chi connectivity index (χ1) is 13.8. The summed E-state index contributed by atoms with van der Waals surface area (Å²) < 4.78 is 6.23. The monoisotopic (exact) mass is 375 g/mol. The van der Waals surface area contributed by atoms with Crippen LogP contribution >= 0.6 is 0 Å². The Balaban J connectivity index is 1.86. The minimum absolute atomic E-state index is 0.416. The van der Waals surface area contributed by atoms with E-state index >= 15 is 0 Å². The number of nitrogens with zero attached hydrogens (tertiary/aromatic N) is 4. The van der Waals surface area contributed by atoms with Gasteiger partial charge < -0.3 is 4.74 Å².